The largest absolute Gasteiger partial charge is 0.333 e. The normalized spacial score (nSPS) is 21.4. The van der Waals surface area contributed by atoms with Gasteiger partial charge in [0, 0.05) is 50.7 Å². The molecule has 116 valence electrons. The number of carbonyl (C=O) groups excluding carboxylic acids is 1. The summed E-state index contributed by atoms with van der Waals surface area (Å²) in [5, 5.41) is 10.3. The topological polar surface area (TPSA) is 77.2 Å². The van der Waals surface area contributed by atoms with Crippen LogP contribution in [0.15, 0.2) is 0 Å². The van der Waals surface area contributed by atoms with Crippen LogP contribution in [0.2, 0.25) is 0 Å². The first-order chi connectivity index (χ1) is 9.95. The van der Waals surface area contributed by atoms with E-state index in [-0.39, 0.29) is 11.3 Å². The lowest BCUT2D eigenvalue weighted by Crippen LogP contribution is -2.64. The zero-order valence-electron chi connectivity index (χ0n) is 13.0. The van der Waals surface area contributed by atoms with Crippen molar-refractivity contribution in [3.05, 3.63) is 11.6 Å². The molecule has 0 saturated carbocycles. The summed E-state index contributed by atoms with van der Waals surface area (Å²) in [5.74, 6) is 0.983. The molecule has 3 heterocycles. The van der Waals surface area contributed by atoms with Crippen LogP contribution >= 0.6 is 0 Å². The minimum Gasteiger partial charge on any atom is -0.333 e. The van der Waals surface area contributed by atoms with Crippen LogP contribution in [0.3, 0.4) is 0 Å². The van der Waals surface area contributed by atoms with Gasteiger partial charge in [-0.1, -0.05) is 20.8 Å². The van der Waals surface area contributed by atoms with Gasteiger partial charge in [-0.25, -0.2) is 4.98 Å². The molecule has 2 fully saturated rings. The van der Waals surface area contributed by atoms with Crippen molar-refractivity contribution in [1.82, 2.24) is 30.3 Å². The number of hydrogen-bond donors (Lipinski definition) is 2. The smallest absolute Gasteiger partial charge is 0.293 e. The molecule has 0 atom stereocenters. The molecule has 3 rings (SSSR count). The first-order valence-corrected chi connectivity index (χ1v) is 7.62. The Hall–Kier alpha value is -1.47. The predicted molar refractivity (Wildman–Crippen MR) is 79.2 cm³/mol. The third-order valence-corrected chi connectivity index (χ3v) is 4.20. The summed E-state index contributed by atoms with van der Waals surface area (Å²) >= 11 is 0. The van der Waals surface area contributed by atoms with Gasteiger partial charge in [0.2, 0.25) is 5.82 Å². The van der Waals surface area contributed by atoms with E-state index in [0.29, 0.717) is 11.9 Å². The van der Waals surface area contributed by atoms with E-state index in [1.165, 1.54) is 0 Å². The Kier molecular flexibility index (Phi) is 3.71. The van der Waals surface area contributed by atoms with Crippen molar-refractivity contribution in [2.75, 3.05) is 39.3 Å². The molecule has 2 saturated heterocycles. The van der Waals surface area contributed by atoms with E-state index in [0.717, 1.165) is 45.1 Å². The summed E-state index contributed by atoms with van der Waals surface area (Å²) < 4.78 is 0. The van der Waals surface area contributed by atoms with E-state index in [4.69, 9.17) is 0 Å². The summed E-state index contributed by atoms with van der Waals surface area (Å²) in [6.45, 7) is 11.9. The average molecular weight is 292 g/mol. The van der Waals surface area contributed by atoms with E-state index in [2.05, 4.69) is 25.4 Å². The van der Waals surface area contributed by atoms with Crippen molar-refractivity contribution in [3.8, 4) is 0 Å². The van der Waals surface area contributed by atoms with Crippen molar-refractivity contribution in [2.45, 2.75) is 32.2 Å². The Morgan fingerprint density at radius 3 is 2.48 bits per heavy atom. The number of aromatic nitrogens is 3. The first kappa shape index (κ1) is 14.5. The molecule has 2 aliphatic heterocycles. The van der Waals surface area contributed by atoms with Crippen LogP contribution < -0.4 is 5.32 Å². The SMILES string of the molecule is CC(C)(C)c1nc(C(=O)N2CC(N3CCNCC3)C2)n[nH]1. The van der Waals surface area contributed by atoms with Gasteiger partial charge in [0.25, 0.3) is 5.91 Å². The number of carbonyl (C=O) groups is 1. The van der Waals surface area contributed by atoms with Gasteiger partial charge in [0.1, 0.15) is 5.82 Å². The van der Waals surface area contributed by atoms with Crippen LogP contribution in [0, 0.1) is 0 Å². The van der Waals surface area contributed by atoms with Gasteiger partial charge in [0.15, 0.2) is 0 Å². The van der Waals surface area contributed by atoms with Crippen molar-refractivity contribution in [3.63, 3.8) is 0 Å². The third-order valence-electron chi connectivity index (χ3n) is 4.20. The van der Waals surface area contributed by atoms with E-state index >= 15 is 0 Å². The van der Waals surface area contributed by atoms with Gasteiger partial charge in [-0.05, 0) is 0 Å². The summed E-state index contributed by atoms with van der Waals surface area (Å²) in [6.07, 6.45) is 0. The van der Waals surface area contributed by atoms with E-state index in [1.807, 2.05) is 25.7 Å². The highest BCUT2D eigenvalue weighted by molar-refractivity contribution is 5.91. The molecule has 7 nitrogen and oxygen atoms in total. The molecular formula is C14H24N6O. The van der Waals surface area contributed by atoms with Crippen molar-refractivity contribution < 1.29 is 4.79 Å². The molecule has 0 radical (unpaired) electrons. The fourth-order valence-electron chi connectivity index (χ4n) is 2.73. The standard InChI is InChI=1S/C14H24N6O/c1-14(2,3)13-16-11(17-18-13)12(21)20-8-10(9-20)19-6-4-15-5-7-19/h10,15H,4-9H2,1-3H3,(H,16,17,18). The minimum atomic E-state index is -0.121. The number of H-pyrrole nitrogens is 1. The van der Waals surface area contributed by atoms with E-state index in [9.17, 15) is 4.79 Å². The van der Waals surface area contributed by atoms with Gasteiger partial charge < -0.3 is 10.2 Å². The van der Waals surface area contributed by atoms with Gasteiger partial charge in [-0.2, -0.15) is 0 Å². The first-order valence-electron chi connectivity index (χ1n) is 7.62. The number of nitrogens with one attached hydrogen (secondary N) is 2. The van der Waals surface area contributed by atoms with Crippen LogP contribution in [-0.2, 0) is 5.41 Å². The maximum atomic E-state index is 12.3. The fraction of sp³-hybridized carbons (Fsp3) is 0.786. The molecular weight excluding hydrogens is 268 g/mol. The van der Waals surface area contributed by atoms with E-state index < -0.39 is 0 Å². The Bertz CT molecular complexity index is 508. The van der Waals surface area contributed by atoms with Gasteiger partial charge in [-0.3, -0.25) is 14.8 Å². The monoisotopic (exact) mass is 292 g/mol. The highest BCUT2D eigenvalue weighted by atomic mass is 16.2. The maximum absolute atomic E-state index is 12.3. The number of rotatable bonds is 2. The molecule has 0 bridgehead atoms. The van der Waals surface area contributed by atoms with E-state index in [1.54, 1.807) is 0 Å². The lowest BCUT2D eigenvalue weighted by atomic mass is 9.96. The lowest BCUT2D eigenvalue weighted by molar-refractivity contribution is 0.0218. The molecule has 0 aromatic carbocycles. The zero-order valence-corrected chi connectivity index (χ0v) is 13.0. The second kappa shape index (κ2) is 5.38. The molecule has 0 aliphatic carbocycles. The second-order valence-electron chi connectivity index (χ2n) is 6.91. The molecule has 1 aromatic heterocycles. The molecule has 0 unspecified atom stereocenters. The van der Waals surface area contributed by atoms with Crippen molar-refractivity contribution in [1.29, 1.82) is 0 Å². The molecule has 2 aliphatic rings. The molecule has 7 heteroatoms. The quantitative estimate of drug-likeness (QED) is 0.791. The van der Waals surface area contributed by atoms with Crippen molar-refractivity contribution >= 4 is 5.91 Å². The Balaban J connectivity index is 1.56. The van der Waals surface area contributed by atoms with Gasteiger partial charge in [-0.15, -0.1) is 5.10 Å². The molecule has 1 aromatic rings. The lowest BCUT2D eigenvalue weighted by Gasteiger charge is -2.46. The van der Waals surface area contributed by atoms with Crippen LogP contribution in [0.25, 0.3) is 0 Å². The van der Waals surface area contributed by atoms with Crippen LogP contribution in [0.5, 0.6) is 0 Å². The van der Waals surface area contributed by atoms with Crippen molar-refractivity contribution in [2.24, 2.45) is 0 Å². The van der Waals surface area contributed by atoms with Crippen LogP contribution in [-0.4, -0.2) is 76.2 Å². The van der Waals surface area contributed by atoms with Gasteiger partial charge in [0.05, 0.1) is 0 Å². The Morgan fingerprint density at radius 2 is 1.90 bits per heavy atom. The zero-order chi connectivity index (χ0) is 15.0. The van der Waals surface area contributed by atoms with Gasteiger partial charge >= 0.3 is 0 Å². The third kappa shape index (κ3) is 2.94. The Morgan fingerprint density at radius 1 is 1.24 bits per heavy atom. The molecule has 0 spiro atoms. The number of piperazine rings is 1. The summed E-state index contributed by atoms with van der Waals surface area (Å²) in [5.41, 5.74) is -0.121. The number of amides is 1. The number of hydrogen-bond acceptors (Lipinski definition) is 5. The minimum absolute atomic E-state index is 0.0619. The maximum Gasteiger partial charge on any atom is 0.293 e. The molecule has 21 heavy (non-hydrogen) atoms. The summed E-state index contributed by atoms with van der Waals surface area (Å²) in [4.78, 5) is 21.0. The summed E-state index contributed by atoms with van der Waals surface area (Å²) in [6, 6.07) is 0.497. The second-order valence-corrected chi connectivity index (χ2v) is 6.91. The van der Waals surface area contributed by atoms with Crippen LogP contribution in [0.4, 0.5) is 0 Å². The van der Waals surface area contributed by atoms with Crippen LogP contribution in [0.1, 0.15) is 37.2 Å². The molecule has 1 amide bonds. The predicted octanol–water partition coefficient (Wildman–Crippen LogP) is -0.168. The number of aromatic amines is 1. The highest BCUT2D eigenvalue weighted by Gasteiger charge is 2.37. The summed E-state index contributed by atoms with van der Waals surface area (Å²) in [7, 11) is 0. The highest BCUT2D eigenvalue weighted by Crippen LogP contribution is 2.20. The number of likely N-dealkylation sites (tertiary alicyclic amines) is 1. The average Bonchev–Trinajstić information content (AvgIpc) is 2.87. The molecule has 2 N–H and O–H groups in total. The fourth-order valence-corrected chi connectivity index (χ4v) is 2.73. The number of nitrogens with zero attached hydrogens (tertiary/aromatic N) is 4. The Labute approximate surface area is 125 Å².